The molecule has 2 aromatic carbocycles. The lowest BCUT2D eigenvalue weighted by molar-refractivity contribution is -0.384. The van der Waals surface area contributed by atoms with Gasteiger partial charge in [0.2, 0.25) is 6.23 Å². The van der Waals surface area contributed by atoms with Gasteiger partial charge in [-0.05, 0) is 68.4 Å². The summed E-state index contributed by atoms with van der Waals surface area (Å²) in [6.07, 6.45) is 7.35. The standard InChI is InChI=1S/C24H25N3O3/c28-27(29)21-8-6-20(7-9-21)23-26(22(25-30-23)19-4-2-1-3-5-19)24-13-16-10-17(14-24)12-18(11-16)15-24/h1-9,16-18,23H,10-15H2/t16?,17?,18?,23-,24?/m1/s1. The Labute approximate surface area is 175 Å². The van der Waals surface area contributed by atoms with Crippen LogP contribution in [-0.2, 0) is 4.84 Å². The first-order valence-electron chi connectivity index (χ1n) is 10.9. The zero-order valence-corrected chi connectivity index (χ0v) is 16.8. The highest BCUT2D eigenvalue weighted by atomic mass is 16.7. The normalized spacial score (nSPS) is 34.0. The molecule has 1 heterocycles. The van der Waals surface area contributed by atoms with Crippen LogP contribution in [0.15, 0.2) is 59.8 Å². The van der Waals surface area contributed by atoms with E-state index >= 15 is 0 Å². The number of benzene rings is 2. The Morgan fingerprint density at radius 1 is 0.933 bits per heavy atom. The van der Waals surface area contributed by atoms with Gasteiger partial charge in [-0.2, -0.15) is 0 Å². The Balaban J connectivity index is 1.42. The minimum Gasteiger partial charge on any atom is -0.363 e. The third kappa shape index (κ3) is 2.73. The molecule has 1 aliphatic heterocycles. The molecule has 6 heteroatoms. The fourth-order valence-corrected chi connectivity index (χ4v) is 6.89. The number of hydrogen-bond acceptors (Lipinski definition) is 5. The van der Waals surface area contributed by atoms with Crippen LogP contribution in [0.25, 0.3) is 0 Å². The van der Waals surface area contributed by atoms with Gasteiger partial charge in [-0.1, -0.05) is 35.5 Å². The second-order valence-corrected chi connectivity index (χ2v) is 9.60. The maximum absolute atomic E-state index is 11.1. The van der Waals surface area contributed by atoms with Crippen molar-refractivity contribution in [3.63, 3.8) is 0 Å². The van der Waals surface area contributed by atoms with Crippen molar-refractivity contribution in [3.8, 4) is 0 Å². The smallest absolute Gasteiger partial charge is 0.269 e. The van der Waals surface area contributed by atoms with E-state index in [2.05, 4.69) is 22.2 Å². The van der Waals surface area contributed by atoms with Gasteiger partial charge in [-0.25, -0.2) is 0 Å². The number of nitro groups is 1. The molecular weight excluding hydrogens is 378 g/mol. The summed E-state index contributed by atoms with van der Waals surface area (Å²) in [4.78, 5) is 19.2. The zero-order chi connectivity index (χ0) is 20.3. The van der Waals surface area contributed by atoms with E-state index < -0.39 is 0 Å². The molecule has 6 nitrogen and oxygen atoms in total. The van der Waals surface area contributed by atoms with Gasteiger partial charge in [0.25, 0.3) is 5.69 Å². The van der Waals surface area contributed by atoms with E-state index in [1.54, 1.807) is 12.1 Å². The van der Waals surface area contributed by atoms with Gasteiger partial charge in [-0.15, -0.1) is 0 Å². The zero-order valence-electron chi connectivity index (χ0n) is 16.8. The highest BCUT2D eigenvalue weighted by molar-refractivity contribution is 5.99. The first-order chi connectivity index (χ1) is 14.6. The van der Waals surface area contributed by atoms with Crippen molar-refractivity contribution >= 4 is 11.5 Å². The molecule has 0 saturated heterocycles. The number of rotatable bonds is 4. The topological polar surface area (TPSA) is 68.0 Å². The molecular formula is C24H25N3O3. The van der Waals surface area contributed by atoms with Crippen LogP contribution in [0.2, 0.25) is 0 Å². The van der Waals surface area contributed by atoms with E-state index in [1.165, 1.54) is 38.5 Å². The average Bonchev–Trinajstić information content (AvgIpc) is 3.20. The van der Waals surface area contributed by atoms with Crippen LogP contribution in [0.3, 0.4) is 0 Å². The molecule has 4 fully saturated rings. The fourth-order valence-electron chi connectivity index (χ4n) is 6.89. The van der Waals surface area contributed by atoms with Gasteiger partial charge in [0, 0.05) is 28.8 Å². The first-order valence-corrected chi connectivity index (χ1v) is 10.9. The second kappa shape index (κ2) is 6.56. The summed E-state index contributed by atoms with van der Waals surface area (Å²) in [5.41, 5.74) is 2.15. The molecule has 5 aliphatic rings. The lowest BCUT2D eigenvalue weighted by Gasteiger charge is -2.60. The lowest BCUT2D eigenvalue weighted by Crippen LogP contribution is -2.61. The molecule has 4 aliphatic carbocycles. The maximum Gasteiger partial charge on any atom is 0.269 e. The summed E-state index contributed by atoms with van der Waals surface area (Å²) in [5, 5.41) is 15.7. The average molecular weight is 403 g/mol. The molecule has 4 saturated carbocycles. The lowest BCUT2D eigenvalue weighted by atomic mass is 9.52. The third-order valence-corrected chi connectivity index (χ3v) is 7.64. The third-order valence-electron chi connectivity index (χ3n) is 7.64. The summed E-state index contributed by atoms with van der Waals surface area (Å²) in [5.74, 6) is 3.30. The molecule has 0 radical (unpaired) electrons. The van der Waals surface area contributed by atoms with Crippen molar-refractivity contribution in [2.45, 2.75) is 50.3 Å². The maximum atomic E-state index is 11.1. The van der Waals surface area contributed by atoms with Gasteiger partial charge in [-0.3, -0.25) is 10.1 Å². The van der Waals surface area contributed by atoms with Gasteiger partial charge in [0.05, 0.1) is 4.92 Å². The molecule has 0 spiro atoms. The largest absolute Gasteiger partial charge is 0.363 e. The van der Waals surface area contributed by atoms with Crippen LogP contribution in [0, 0.1) is 27.9 Å². The Kier molecular flexibility index (Phi) is 3.92. The van der Waals surface area contributed by atoms with Crippen LogP contribution in [-0.4, -0.2) is 21.2 Å². The van der Waals surface area contributed by atoms with E-state index in [0.717, 1.165) is 34.7 Å². The fraction of sp³-hybridized carbons (Fsp3) is 0.458. The minimum absolute atomic E-state index is 0.0619. The quantitative estimate of drug-likeness (QED) is 0.516. The van der Waals surface area contributed by atoms with Crippen LogP contribution < -0.4 is 0 Å². The molecule has 0 unspecified atom stereocenters. The number of hydrogen-bond donors (Lipinski definition) is 0. The van der Waals surface area contributed by atoms with Crippen molar-refractivity contribution in [3.05, 3.63) is 75.8 Å². The molecule has 154 valence electrons. The van der Waals surface area contributed by atoms with Crippen molar-refractivity contribution in [1.82, 2.24) is 4.90 Å². The SMILES string of the molecule is O=[N+]([O-])c1ccc([C@H]2ON=C(c3ccccc3)N2C23CC4CC(CC(C4)C2)C3)cc1. The summed E-state index contributed by atoms with van der Waals surface area (Å²) in [6, 6.07) is 17.0. The van der Waals surface area contributed by atoms with Gasteiger partial charge < -0.3 is 9.74 Å². The van der Waals surface area contributed by atoms with Crippen LogP contribution in [0.5, 0.6) is 0 Å². The van der Waals surface area contributed by atoms with E-state index in [0.29, 0.717) is 0 Å². The Bertz CT molecular complexity index is 967. The van der Waals surface area contributed by atoms with Gasteiger partial charge in [0.1, 0.15) is 0 Å². The van der Waals surface area contributed by atoms with E-state index in [-0.39, 0.29) is 22.4 Å². The highest BCUT2D eigenvalue weighted by Crippen LogP contribution is 2.60. The summed E-state index contributed by atoms with van der Waals surface area (Å²) in [6.45, 7) is 0. The highest BCUT2D eigenvalue weighted by Gasteiger charge is 2.57. The second-order valence-electron chi connectivity index (χ2n) is 9.60. The Morgan fingerprint density at radius 2 is 1.53 bits per heavy atom. The molecule has 0 N–H and O–H groups in total. The van der Waals surface area contributed by atoms with Gasteiger partial charge >= 0.3 is 0 Å². The van der Waals surface area contributed by atoms with E-state index in [4.69, 9.17) is 4.84 Å². The molecule has 4 bridgehead atoms. The minimum atomic E-state index is -0.359. The number of non-ortho nitro benzene ring substituents is 1. The van der Waals surface area contributed by atoms with Gasteiger partial charge in [0.15, 0.2) is 5.84 Å². The van der Waals surface area contributed by atoms with Crippen molar-refractivity contribution in [1.29, 1.82) is 0 Å². The molecule has 1 atom stereocenters. The molecule has 0 amide bonds. The Morgan fingerprint density at radius 3 is 2.10 bits per heavy atom. The Hall–Kier alpha value is -2.89. The van der Waals surface area contributed by atoms with Crippen molar-refractivity contribution in [2.24, 2.45) is 22.9 Å². The summed E-state index contributed by atoms with van der Waals surface area (Å²) in [7, 11) is 0. The molecule has 30 heavy (non-hydrogen) atoms. The first kappa shape index (κ1) is 17.9. The number of oxime groups is 1. The number of nitro benzene ring substituents is 1. The monoisotopic (exact) mass is 403 g/mol. The van der Waals surface area contributed by atoms with Crippen LogP contribution in [0.1, 0.15) is 55.9 Å². The number of nitrogens with zero attached hydrogens (tertiary/aromatic N) is 3. The molecule has 7 rings (SSSR count). The van der Waals surface area contributed by atoms with E-state index in [1.807, 2.05) is 30.3 Å². The predicted molar refractivity (Wildman–Crippen MR) is 113 cm³/mol. The summed E-state index contributed by atoms with van der Waals surface area (Å²) >= 11 is 0. The van der Waals surface area contributed by atoms with Crippen LogP contribution in [0.4, 0.5) is 5.69 Å². The van der Waals surface area contributed by atoms with E-state index in [9.17, 15) is 10.1 Å². The van der Waals surface area contributed by atoms with Crippen LogP contribution >= 0.6 is 0 Å². The van der Waals surface area contributed by atoms with Crippen molar-refractivity contribution < 1.29 is 9.76 Å². The van der Waals surface area contributed by atoms with Crippen molar-refractivity contribution in [2.75, 3.05) is 0 Å². The number of amidine groups is 1. The summed E-state index contributed by atoms with van der Waals surface area (Å²) < 4.78 is 0. The molecule has 2 aromatic rings. The predicted octanol–water partition coefficient (Wildman–Crippen LogP) is 5.26. The molecule has 0 aromatic heterocycles.